The van der Waals surface area contributed by atoms with E-state index in [-0.39, 0.29) is 5.91 Å². The van der Waals surface area contributed by atoms with E-state index in [1.54, 1.807) is 17.1 Å². The third-order valence-electron chi connectivity index (χ3n) is 4.76. The molecule has 0 unspecified atom stereocenters. The van der Waals surface area contributed by atoms with Crippen LogP contribution in [0.2, 0.25) is 5.02 Å². The molecule has 146 valence electrons. The van der Waals surface area contributed by atoms with E-state index >= 15 is 0 Å². The molecule has 0 saturated heterocycles. The number of carbonyl (C=O) groups is 1. The first kappa shape index (κ1) is 19.0. The lowest BCUT2D eigenvalue weighted by molar-refractivity contribution is 0.0950. The van der Waals surface area contributed by atoms with Gasteiger partial charge in [0.05, 0.1) is 5.56 Å². The molecule has 0 saturated carbocycles. The monoisotopic (exact) mass is 405 g/mol. The fourth-order valence-corrected chi connectivity index (χ4v) is 3.48. The molecule has 6 nitrogen and oxygen atoms in total. The van der Waals surface area contributed by atoms with Crippen LogP contribution in [0, 0.1) is 13.8 Å². The van der Waals surface area contributed by atoms with Crippen molar-refractivity contribution in [2.24, 2.45) is 0 Å². The lowest BCUT2D eigenvalue weighted by Crippen LogP contribution is -2.23. The Morgan fingerprint density at radius 3 is 2.62 bits per heavy atom. The molecule has 0 atom stereocenters. The summed E-state index contributed by atoms with van der Waals surface area (Å²) >= 11 is 5.99. The van der Waals surface area contributed by atoms with Crippen LogP contribution in [0.25, 0.3) is 11.5 Å². The summed E-state index contributed by atoms with van der Waals surface area (Å²) in [6, 6.07) is 15.1. The van der Waals surface area contributed by atoms with Crippen LogP contribution in [0.15, 0.2) is 67.1 Å². The average molecular weight is 406 g/mol. The molecule has 0 aliphatic carbocycles. The third-order valence-corrected chi connectivity index (χ3v) is 5.01. The summed E-state index contributed by atoms with van der Waals surface area (Å²) < 4.78 is 3.73. The number of aryl methyl sites for hydroxylation is 1. The van der Waals surface area contributed by atoms with Gasteiger partial charge >= 0.3 is 0 Å². The molecule has 0 spiro atoms. The number of halogens is 1. The minimum absolute atomic E-state index is 0.115. The molecule has 7 heteroatoms. The topological polar surface area (TPSA) is 64.7 Å². The Morgan fingerprint density at radius 1 is 1.10 bits per heavy atom. The largest absolute Gasteiger partial charge is 0.348 e. The molecule has 29 heavy (non-hydrogen) atoms. The second-order valence-electron chi connectivity index (χ2n) is 6.75. The van der Waals surface area contributed by atoms with Crippen molar-refractivity contribution in [3.63, 3.8) is 0 Å². The number of benzene rings is 1. The Bertz CT molecular complexity index is 1150. The molecule has 0 aliphatic heterocycles. The van der Waals surface area contributed by atoms with Crippen molar-refractivity contribution in [1.82, 2.24) is 24.6 Å². The smallest absolute Gasteiger partial charge is 0.253 e. The van der Waals surface area contributed by atoms with Gasteiger partial charge in [0.1, 0.15) is 0 Å². The molecule has 0 aliphatic rings. The van der Waals surface area contributed by atoms with Crippen LogP contribution in [0.1, 0.15) is 27.3 Å². The fraction of sp³-hybridized carbons (Fsp3) is 0.136. The van der Waals surface area contributed by atoms with Crippen LogP contribution < -0.4 is 5.32 Å². The van der Waals surface area contributed by atoms with Crippen LogP contribution in [-0.4, -0.2) is 25.2 Å². The quantitative estimate of drug-likeness (QED) is 0.539. The van der Waals surface area contributed by atoms with Crippen LogP contribution >= 0.6 is 11.6 Å². The maximum absolute atomic E-state index is 12.8. The molecule has 3 heterocycles. The van der Waals surface area contributed by atoms with Crippen molar-refractivity contribution in [2.75, 3.05) is 0 Å². The number of hydrogen-bond acceptors (Lipinski definition) is 3. The van der Waals surface area contributed by atoms with Gasteiger partial charge in [0.25, 0.3) is 5.91 Å². The summed E-state index contributed by atoms with van der Waals surface area (Å²) in [5.74, 6) is 0.596. The maximum atomic E-state index is 12.8. The Labute approximate surface area is 173 Å². The lowest BCUT2D eigenvalue weighted by Gasteiger charge is -2.10. The summed E-state index contributed by atoms with van der Waals surface area (Å²) in [6.07, 6.45) is 5.24. The fourth-order valence-electron chi connectivity index (χ4n) is 3.36. The second kappa shape index (κ2) is 7.93. The van der Waals surface area contributed by atoms with Crippen molar-refractivity contribution < 1.29 is 4.79 Å². The van der Waals surface area contributed by atoms with E-state index in [1.807, 2.05) is 73.1 Å². The number of nitrogens with zero attached hydrogens (tertiary/aromatic N) is 4. The predicted octanol–water partition coefficient (Wildman–Crippen LogP) is 4.26. The highest BCUT2D eigenvalue weighted by Gasteiger charge is 2.16. The van der Waals surface area contributed by atoms with E-state index in [9.17, 15) is 4.79 Å². The number of nitrogens with one attached hydrogen (secondary N) is 1. The first-order valence-corrected chi connectivity index (χ1v) is 9.59. The Balaban J connectivity index is 1.52. The standard InChI is InChI=1S/C22H20ClN5O/c1-15-12-20(16(2)28(15)19-6-4-18(23)5-7-19)22(29)25-14-17-8-10-24-21(13-17)27-11-3-9-26-27/h3-13H,14H2,1-2H3,(H,25,29). The highest BCUT2D eigenvalue weighted by atomic mass is 35.5. The SMILES string of the molecule is Cc1cc(C(=O)NCc2ccnc(-n3cccn3)c2)c(C)n1-c1ccc(Cl)cc1. The summed E-state index contributed by atoms with van der Waals surface area (Å²) in [7, 11) is 0. The summed E-state index contributed by atoms with van der Waals surface area (Å²) in [5.41, 5.74) is 4.44. The van der Waals surface area contributed by atoms with E-state index < -0.39 is 0 Å². The molecular weight excluding hydrogens is 386 g/mol. The van der Waals surface area contributed by atoms with E-state index in [0.717, 1.165) is 22.6 Å². The van der Waals surface area contributed by atoms with E-state index in [2.05, 4.69) is 15.4 Å². The minimum Gasteiger partial charge on any atom is -0.348 e. The number of amides is 1. The van der Waals surface area contributed by atoms with Gasteiger partial charge in [0.15, 0.2) is 5.82 Å². The Morgan fingerprint density at radius 2 is 1.90 bits per heavy atom. The highest BCUT2D eigenvalue weighted by Crippen LogP contribution is 2.22. The van der Waals surface area contributed by atoms with Crippen molar-refractivity contribution in [1.29, 1.82) is 0 Å². The maximum Gasteiger partial charge on any atom is 0.253 e. The zero-order valence-electron chi connectivity index (χ0n) is 16.1. The first-order chi connectivity index (χ1) is 14.0. The molecular formula is C22H20ClN5O. The number of carbonyl (C=O) groups excluding carboxylic acids is 1. The van der Waals surface area contributed by atoms with E-state index in [1.165, 1.54) is 0 Å². The highest BCUT2D eigenvalue weighted by molar-refractivity contribution is 6.30. The normalized spacial score (nSPS) is 10.9. The second-order valence-corrected chi connectivity index (χ2v) is 7.19. The summed E-state index contributed by atoms with van der Waals surface area (Å²) in [6.45, 7) is 4.33. The number of hydrogen-bond donors (Lipinski definition) is 1. The van der Waals surface area contributed by atoms with Crippen LogP contribution in [0.5, 0.6) is 0 Å². The van der Waals surface area contributed by atoms with E-state index in [0.29, 0.717) is 22.9 Å². The van der Waals surface area contributed by atoms with Gasteiger partial charge in [-0.25, -0.2) is 9.67 Å². The number of aromatic nitrogens is 4. The Hall–Kier alpha value is -3.38. The lowest BCUT2D eigenvalue weighted by atomic mass is 10.2. The number of rotatable bonds is 5. The molecule has 0 fully saturated rings. The van der Waals surface area contributed by atoms with Gasteiger partial charge in [-0.15, -0.1) is 0 Å². The van der Waals surface area contributed by atoms with Gasteiger partial charge in [-0.1, -0.05) is 11.6 Å². The average Bonchev–Trinajstić information content (AvgIpc) is 3.36. The van der Waals surface area contributed by atoms with E-state index in [4.69, 9.17) is 11.6 Å². The van der Waals surface area contributed by atoms with Crippen LogP contribution in [-0.2, 0) is 6.54 Å². The molecule has 4 rings (SSSR count). The molecule has 1 aromatic carbocycles. The third kappa shape index (κ3) is 3.93. The van der Waals surface area contributed by atoms with Gasteiger partial charge in [-0.2, -0.15) is 5.10 Å². The van der Waals surface area contributed by atoms with Crippen LogP contribution in [0.3, 0.4) is 0 Å². The predicted molar refractivity (Wildman–Crippen MR) is 113 cm³/mol. The zero-order valence-corrected chi connectivity index (χ0v) is 16.9. The molecule has 3 aromatic heterocycles. The Kier molecular flexibility index (Phi) is 5.18. The molecule has 1 N–H and O–H groups in total. The van der Waals surface area contributed by atoms with Crippen LogP contribution in [0.4, 0.5) is 0 Å². The van der Waals surface area contributed by atoms with Crippen molar-refractivity contribution >= 4 is 17.5 Å². The zero-order chi connectivity index (χ0) is 20.4. The molecule has 0 bridgehead atoms. The van der Waals surface area contributed by atoms with Crippen molar-refractivity contribution in [3.05, 3.63) is 94.7 Å². The van der Waals surface area contributed by atoms with Gasteiger partial charge in [0.2, 0.25) is 0 Å². The van der Waals surface area contributed by atoms with Crippen molar-refractivity contribution in [3.8, 4) is 11.5 Å². The van der Waals surface area contributed by atoms with Gasteiger partial charge < -0.3 is 9.88 Å². The molecule has 0 radical (unpaired) electrons. The molecule has 1 amide bonds. The number of pyridine rings is 1. The summed E-state index contributed by atoms with van der Waals surface area (Å²) in [4.78, 5) is 17.1. The van der Waals surface area contributed by atoms with Crippen molar-refractivity contribution in [2.45, 2.75) is 20.4 Å². The van der Waals surface area contributed by atoms with Gasteiger partial charge in [-0.3, -0.25) is 4.79 Å². The summed E-state index contributed by atoms with van der Waals surface area (Å²) in [5, 5.41) is 7.86. The van der Waals surface area contributed by atoms with Gasteiger partial charge in [0, 0.05) is 47.2 Å². The van der Waals surface area contributed by atoms with Gasteiger partial charge in [-0.05, 0) is 67.9 Å². The molecule has 4 aromatic rings. The first-order valence-electron chi connectivity index (χ1n) is 9.21. The minimum atomic E-state index is -0.115.